The molecule has 3 fully saturated rings. The minimum Gasteiger partial charge on any atom is -0.0654 e. The van der Waals surface area contributed by atoms with E-state index in [0.717, 1.165) is 35.5 Å². The van der Waals surface area contributed by atoms with Crippen LogP contribution in [0.1, 0.15) is 108 Å². The highest BCUT2D eigenvalue weighted by Crippen LogP contribution is 2.50. The molecule has 1 aromatic carbocycles. The van der Waals surface area contributed by atoms with Gasteiger partial charge in [-0.25, -0.2) is 0 Å². The average molecular weight is 367 g/mol. The number of hydrogen-bond acceptors (Lipinski definition) is 0. The van der Waals surface area contributed by atoms with Gasteiger partial charge in [-0.15, -0.1) is 0 Å². The lowest BCUT2D eigenvalue weighted by atomic mass is 9.60. The fourth-order valence-electron chi connectivity index (χ4n) is 6.75. The average Bonchev–Trinajstić information content (AvgIpc) is 2.72. The zero-order valence-corrected chi connectivity index (χ0v) is 18.0. The van der Waals surface area contributed by atoms with Crippen LogP contribution in [0.25, 0.3) is 0 Å². The first kappa shape index (κ1) is 19.5. The molecule has 4 rings (SSSR count). The lowest BCUT2D eigenvalue weighted by Crippen LogP contribution is -2.34. The van der Waals surface area contributed by atoms with E-state index in [9.17, 15) is 0 Å². The molecule has 0 heterocycles. The molecule has 3 saturated carbocycles. The van der Waals surface area contributed by atoms with Crippen LogP contribution in [0.3, 0.4) is 0 Å². The Morgan fingerprint density at radius 1 is 0.704 bits per heavy atom. The molecule has 3 aliphatic carbocycles. The van der Waals surface area contributed by atoms with Crippen molar-refractivity contribution in [2.75, 3.05) is 0 Å². The number of fused-ring (bicyclic) bond motifs is 1. The second kappa shape index (κ2) is 9.15. The first-order valence-corrected chi connectivity index (χ1v) is 12.3. The van der Waals surface area contributed by atoms with Gasteiger partial charge in [0.05, 0.1) is 0 Å². The van der Waals surface area contributed by atoms with Crippen molar-refractivity contribution in [1.29, 1.82) is 0 Å². The summed E-state index contributed by atoms with van der Waals surface area (Å²) in [5, 5.41) is 0. The molecule has 0 nitrogen and oxygen atoms in total. The van der Waals surface area contributed by atoms with E-state index in [2.05, 4.69) is 38.1 Å². The predicted molar refractivity (Wildman–Crippen MR) is 117 cm³/mol. The SMILES string of the molecule is CCCCc1ccc(C2CCC3CC(C4CCC(C)CC4)CCC3C2)cc1. The highest BCUT2D eigenvalue weighted by molar-refractivity contribution is 5.26. The van der Waals surface area contributed by atoms with Crippen molar-refractivity contribution in [3.05, 3.63) is 35.4 Å². The van der Waals surface area contributed by atoms with Crippen LogP contribution >= 0.6 is 0 Å². The lowest BCUT2D eigenvalue weighted by Gasteiger charge is -2.45. The molecule has 0 aliphatic heterocycles. The predicted octanol–water partition coefficient (Wildman–Crippen LogP) is 8.16. The van der Waals surface area contributed by atoms with Crippen LogP contribution in [0.2, 0.25) is 0 Å². The van der Waals surface area contributed by atoms with Gasteiger partial charge in [0.15, 0.2) is 0 Å². The van der Waals surface area contributed by atoms with E-state index in [4.69, 9.17) is 0 Å². The molecule has 3 aliphatic rings. The third kappa shape index (κ3) is 4.80. The molecule has 4 atom stereocenters. The van der Waals surface area contributed by atoms with Crippen LogP contribution < -0.4 is 0 Å². The molecular weight excluding hydrogens is 324 g/mol. The molecule has 1 aromatic rings. The lowest BCUT2D eigenvalue weighted by molar-refractivity contribution is 0.0732. The third-order valence-electron chi connectivity index (χ3n) is 8.65. The highest BCUT2D eigenvalue weighted by Gasteiger charge is 2.38. The maximum Gasteiger partial charge on any atom is -0.0159 e. The van der Waals surface area contributed by atoms with E-state index in [1.54, 1.807) is 18.4 Å². The molecule has 0 amide bonds. The normalized spacial score (nSPS) is 37.0. The number of aryl methyl sites for hydroxylation is 1. The van der Waals surface area contributed by atoms with Crippen LogP contribution in [0.4, 0.5) is 0 Å². The van der Waals surface area contributed by atoms with E-state index in [0.29, 0.717) is 0 Å². The van der Waals surface area contributed by atoms with E-state index in [1.807, 2.05) is 0 Å². The summed E-state index contributed by atoms with van der Waals surface area (Å²) in [7, 11) is 0. The fraction of sp³-hybridized carbons (Fsp3) is 0.778. The van der Waals surface area contributed by atoms with Crippen molar-refractivity contribution < 1.29 is 0 Å². The Kier molecular flexibility index (Phi) is 6.62. The molecule has 27 heavy (non-hydrogen) atoms. The highest BCUT2D eigenvalue weighted by atomic mass is 14.4. The van der Waals surface area contributed by atoms with Gasteiger partial charge in [0.25, 0.3) is 0 Å². The van der Waals surface area contributed by atoms with Crippen LogP contribution in [0.15, 0.2) is 24.3 Å². The van der Waals surface area contributed by atoms with E-state index in [-0.39, 0.29) is 0 Å². The largest absolute Gasteiger partial charge is 0.0654 e. The monoisotopic (exact) mass is 366 g/mol. The van der Waals surface area contributed by atoms with Gasteiger partial charge in [0.2, 0.25) is 0 Å². The number of rotatable bonds is 5. The van der Waals surface area contributed by atoms with Crippen LogP contribution in [0, 0.1) is 29.6 Å². The third-order valence-corrected chi connectivity index (χ3v) is 8.65. The molecule has 0 saturated heterocycles. The Bertz CT molecular complexity index is 562. The van der Waals surface area contributed by atoms with Crippen LogP contribution in [0.5, 0.6) is 0 Å². The topological polar surface area (TPSA) is 0 Å². The fourth-order valence-corrected chi connectivity index (χ4v) is 6.75. The molecule has 0 spiro atoms. The second-order valence-corrected chi connectivity index (χ2v) is 10.5. The van der Waals surface area contributed by atoms with Crippen molar-refractivity contribution >= 4 is 0 Å². The Morgan fingerprint density at radius 3 is 2.00 bits per heavy atom. The van der Waals surface area contributed by atoms with Gasteiger partial charge < -0.3 is 0 Å². The Labute approximate surface area is 168 Å². The van der Waals surface area contributed by atoms with E-state index in [1.165, 1.54) is 76.2 Å². The van der Waals surface area contributed by atoms with Crippen molar-refractivity contribution in [3.63, 3.8) is 0 Å². The van der Waals surface area contributed by atoms with E-state index >= 15 is 0 Å². The van der Waals surface area contributed by atoms with Gasteiger partial charge in [0.1, 0.15) is 0 Å². The Morgan fingerprint density at radius 2 is 1.30 bits per heavy atom. The maximum absolute atomic E-state index is 2.46. The molecule has 0 heteroatoms. The molecule has 0 bridgehead atoms. The van der Waals surface area contributed by atoms with Crippen molar-refractivity contribution in [2.45, 2.75) is 103 Å². The van der Waals surface area contributed by atoms with Gasteiger partial charge in [-0.1, -0.05) is 57.4 Å². The summed E-state index contributed by atoms with van der Waals surface area (Å²) in [5.41, 5.74) is 3.17. The van der Waals surface area contributed by atoms with Gasteiger partial charge >= 0.3 is 0 Å². The second-order valence-electron chi connectivity index (χ2n) is 10.5. The van der Waals surface area contributed by atoms with E-state index < -0.39 is 0 Å². The molecule has 0 N–H and O–H groups in total. The van der Waals surface area contributed by atoms with Gasteiger partial charge in [-0.05, 0) is 111 Å². The summed E-state index contributed by atoms with van der Waals surface area (Å²) in [6.45, 7) is 4.75. The number of hydrogen-bond donors (Lipinski definition) is 0. The summed E-state index contributed by atoms with van der Waals surface area (Å²) >= 11 is 0. The van der Waals surface area contributed by atoms with Crippen molar-refractivity contribution in [2.24, 2.45) is 29.6 Å². The summed E-state index contributed by atoms with van der Waals surface area (Å²) in [4.78, 5) is 0. The summed E-state index contributed by atoms with van der Waals surface area (Å²) in [6, 6.07) is 9.76. The van der Waals surface area contributed by atoms with Crippen molar-refractivity contribution in [1.82, 2.24) is 0 Å². The Balaban J connectivity index is 1.30. The molecule has 4 unspecified atom stereocenters. The minimum atomic E-state index is 0.846. The summed E-state index contributed by atoms with van der Waals surface area (Å²) in [6.07, 6.45) is 19.1. The molecule has 150 valence electrons. The molecule has 0 radical (unpaired) electrons. The molecular formula is C27H42. The quantitative estimate of drug-likeness (QED) is 0.493. The van der Waals surface area contributed by atoms with Gasteiger partial charge in [-0.3, -0.25) is 0 Å². The zero-order valence-electron chi connectivity index (χ0n) is 18.0. The number of benzene rings is 1. The van der Waals surface area contributed by atoms with Crippen LogP contribution in [-0.2, 0) is 6.42 Å². The number of unbranched alkanes of at least 4 members (excludes halogenated alkanes) is 1. The minimum absolute atomic E-state index is 0.846. The summed E-state index contributed by atoms with van der Waals surface area (Å²) < 4.78 is 0. The first-order valence-electron chi connectivity index (χ1n) is 12.3. The summed E-state index contributed by atoms with van der Waals surface area (Å²) in [5.74, 6) is 6.09. The standard InChI is InChI=1S/C27H42/c1-3-4-5-21-8-12-23(13-9-21)25-15-17-26-18-24(14-16-27(26)19-25)22-10-6-20(2)7-11-22/h8-9,12-13,20,22,24-27H,3-7,10-11,14-19H2,1-2H3. The van der Waals surface area contributed by atoms with Gasteiger partial charge in [-0.2, -0.15) is 0 Å². The first-order chi connectivity index (χ1) is 13.2. The van der Waals surface area contributed by atoms with Crippen LogP contribution in [-0.4, -0.2) is 0 Å². The smallest absolute Gasteiger partial charge is 0.0159 e. The maximum atomic E-state index is 2.46. The molecule has 0 aromatic heterocycles. The van der Waals surface area contributed by atoms with Crippen molar-refractivity contribution in [3.8, 4) is 0 Å². The Hall–Kier alpha value is -0.780. The zero-order chi connectivity index (χ0) is 18.6. The van der Waals surface area contributed by atoms with Gasteiger partial charge in [0, 0.05) is 0 Å².